The molecule has 0 amide bonds. The summed E-state index contributed by atoms with van der Waals surface area (Å²) in [6.07, 6.45) is 2.97. The highest BCUT2D eigenvalue weighted by atomic mass is 32.2. The minimum Gasteiger partial charge on any atom is -0.366 e. The minimum absolute atomic E-state index is 0.0868. The van der Waals surface area contributed by atoms with E-state index in [0.717, 1.165) is 9.54 Å². The van der Waals surface area contributed by atoms with E-state index in [9.17, 15) is 12.8 Å². The van der Waals surface area contributed by atoms with Crippen LogP contribution in [0.5, 0.6) is 0 Å². The molecule has 2 heterocycles. The maximum Gasteiger partial charge on any atom is 0.268 e. The lowest BCUT2D eigenvalue weighted by Crippen LogP contribution is -2.14. The van der Waals surface area contributed by atoms with Gasteiger partial charge in [0, 0.05) is 31.0 Å². The second-order valence-electron chi connectivity index (χ2n) is 7.59. The first-order chi connectivity index (χ1) is 16.4. The van der Waals surface area contributed by atoms with Crippen LogP contribution in [0.25, 0.3) is 11.3 Å². The van der Waals surface area contributed by atoms with E-state index in [-0.39, 0.29) is 16.2 Å². The molecule has 0 aliphatic heterocycles. The normalized spacial score (nSPS) is 11.2. The van der Waals surface area contributed by atoms with E-state index in [1.54, 1.807) is 61.6 Å². The average Bonchev–Trinajstić information content (AvgIpc) is 3.28. The predicted octanol–water partition coefficient (Wildman–Crippen LogP) is 4.13. The smallest absolute Gasteiger partial charge is 0.268 e. The van der Waals surface area contributed by atoms with E-state index in [1.165, 1.54) is 24.5 Å². The SMILES string of the molecule is CNCc1cc(-c2ccccc2F)n(S(=O)(=O)c2cccc(CNc3ccc(C#N)cn3)c2)c1. The van der Waals surface area contributed by atoms with E-state index in [4.69, 9.17) is 5.26 Å². The van der Waals surface area contributed by atoms with E-state index in [0.29, 0.717) is 30.0 Å². The Morgan fingerprint density at radius 3 is 2.56 bits per heavy atom. The van der Waals surface area contributed by atoms with Crippen LogP contribution in [0, 0.1) is 17.1 Å². The molecule has 0 radical (unpaired) electrons. The second-order valence-corrected chi connectivity index (χ2v) is 9.40. The van der Waals surface area contributed by atoms with Crippen LogP contribution >= 0.6 is 0 Å². The standard InChI is InChI=1S/C25H22FN5O2S/c1-28-14-20-12-24(22-7-2-3-8-23(22)26)31(17-20)34(32,33)21-6-4-5-18(11-21)15-29-25-10-9-19(13-27)16-30-25/h2-12,16-17,28H,14-15H2,1H3,(H,29,30). The maximum atomic E-state index is 14.6. The van der Waals surface area contributed by atoms with Gasteiger partial charge >= 0.3 is 0 Å². The fraction of sp³-hybridized carbons (Fsp3) is 0.120. The van der Waals surface area contributed by atoms with E-state index >= 15 is 0 Å². The van der Waals surface area contributed by atoms with Crippen molar-refractivity contribution in [2.24, 2.45) is 0 Å². The zero-order valence-electron chi connectivity index (χ0n) is 18.4. The Bertz CT molecular complexity index is 1460. The predicted molar refractivity (Wildman–Crippen MR) is 128 cm³/mol. The molecule has 34 heavy (non-hydrogen) atoms. The van der Waals surface area contributed by atoms with Crippen molar-refractivity contribution in [1.29, 1.82) is 5.26 Å². The molecule has 2 aromatic carbocycles. The van der Waals surface area contributed by atoms with Gasteiger partial charge in [0.05, 0.1) is 16.2 Å². The van der Waals surface area contributed by atoms with Crippen LogP contribution in [0.1, 0.15) is 16.7 Å². The van der Waals surface area contributed by atoms with Crippen molar-refractivity contribution in [2.75, 3.05) is 12.4 Å². The number of pyridine rings is 1. The van der Waals surface area contributed by atoms with Crippen LogP contribution in [0.4, 0.5) is 10.2 Å². The van der Waals surface area contributed by atoms with Crippen LogP contribution in [0.3, 0.4) is 0 Å². The first-order valence-electron chi connectivity index (χ1n) is 10.5. The van der Waals surface area contributed by atoms with Gasteiger partial charge in [-0.05, 0) is 60.6 Å². The molecule has 0 aliphatic carbocycles. The zero-order valence-corrected chi connectivity index (χ0v) is 19.2. The van der Waals surface area contributed by atoms with E-state index in [1.807, 2.05) is 6.07 Å². The van der Waals surface area contributed by atoms with Gasteiger partial charge in [0.15, 0.2) is 0 Å². The van der Waals surface area contributed by atoms with Gasteiger partial charge in [-0.1, -0.05) is 24.3 Å². The third-order valence-electron chi connectivity index (χ3n) is 5.19. The molecular weight excluding hydrogens is 453 g/mol. The molecule has 7 nitrogen and oxygen atoms in total. The lowest BCUT2D eigenvalue weighted by Gasteiger charge is -2.13. The summed E-state index contributed by atoms with van der Waals surface area (Å²) in [5, 5.41) is 15.0. The van der Waals surface area contributed by atoms with Gasteiger partial charge < -0.3 is 10.6 Å². The van der Waals surface area contributed by atoms with Crippen molar-refractivity contribution >= 4 is 15.8 Å². The van der Waals surface area contributed by atoms with Gasteiger partial charge in [0.1, 0.15) is 17.7 Å². The molecule has 0 spiro atoms. The molecule has 0 bridgehead atoms. The summed E-state index contributed by atoms with van der Waals surface area (Å²) in [7, 11) is -2.25. The number of nitriles is 1. The highest BCUT2D eigenvalue weighted by Crippen LogP contribution is 2.29. The van der Waals surface area contributed by atoms with Crippen molar-refractivity contribution < 1.29 is 12.8 Å². The molecule has 0 saturated carbocycles. The number of hydrogen-bond acceptors (Lipinski definition) is 6. The summed E-state index contributed by atoms with van der Waals surface area (Å²) in [5.74, 6) is 0.0668. The minimum atomic E-state index is -4.00. The van der Waals surface area contributed by atoms with Crippen molar-refractivity contribution in [3.63, 3.8) is 0 Å². The Morgan fingerprint density at radius 1 is 1.03 bits per heavy atom. The number of nitrogens with zero attached hydrogens (tertiary/aromatic N) is 3. The molecule has 0 unspecified atom stereocenters. The first-order valence-corrected chi connectivity index (χ1v) is 11.9. The summed E-state index contributed by atoms with van der Waals surface area (Å²) >= 11 is 0. The topological polar surface area (TPSA) is 99.8 Å². The number of halogens is 1. The second kappa shape index (κ2) is 9.87. The number of rotatable bonds is 8. The van der Waals surface area contributed by atoms with Crippen molar-refractivity contribution in [3.8, 4) is 17.3 Å². The maximum absolute atomic E-state index is 14.6. The number of hydrogen-bond donors (Lipinski definition) is 2. The number of benzene rings is 2. The van der Waals surface area contributed by atoms with E-state index < -0.39 is 15.8 Å². The summed E-state index contributed by atoms with van der Waals surface area (Å²) < 4.78 is 42.9. The Hall–Kier alpha value is -4.00. The number of aromatic nitrogens is 2. The summed E-state index contributed by atoms with van der Waals surface area (Å²) in [4.78, 5) is 4.25. The monoisotopic (exact) mass is 475 g/mol. The van der Waals surface area contributed by atoms with Gasteiger partial charge in [0.25, 0.3) is 10.0 Å². The molecule has 4 aromatic rings. The third-order valence-corrected chi connectivity index (χ3v) is 6.86. The summed E-state index contributed by atoms with van der Waals surface area (Å²) in [6.45, 7) is 0.768. The Morgan fingerprint density at radius 2 is 1.85 bits per heavy atom. The van der Waals surface area contributed by atoms with E-state index in [2.05, 4.69) is 15.6 Å². The molecule has 172 valence electrons. The largest absolute Gasteiger partial charge is 0.366 e. The Labute approximate surface area is 197 Å². The van der Waals surface area contributed by atoms with Crippen LogP contribution in [-0.4, -0.2) is 24.4 Å². The Kier molecular flexibility index (Phi) is 6.72. The van der Waals surface area contributed by atoms with Crippen LogP contribution < -0.4 is 10.6 Å². The van der Waals surface area contributed by atoms with Gasteiger partial charge in [-0.3, -0.25) is 0 Å². The Balaban J connectivity index is 1.67. The molecule has 0 atom stereocenters. The molecule has 2 aromatic heterocycles. The van der Waals surface area contributed by atoms with Crippen LogP contribution in [0.15, 0.2) is 84.0 Å². The highest BCUT2D eigenvalue weighted by molar-refractivity contribution is 7.90. The zero-order chi connectivity index (χ0) is 24.1. The quantitative estimate of drug-likeness (QED) is 0.398. The lowest BCUT2D eigenvalue weighted by atomic mass is 10.1. The van der Waals surface area contributed by atoms with Crippen LogP contribution in [0.2, 0.25) is 0 Å². The van der Waals surface area contributed by atoms with Crippen molar-refractivity contribution in [1.82, 2.24) is 14.3 Å². The first kappa shape index (κ1) is 23.2. The third kappa shape index (κ3) is 4.83. The fourth-order valence-electron chi connectivity index (χ4n) is 3.55. The van der Waals surface area contributed by atoms with Crippen molar-refractivity contribution in [3.05, 3.63) is 102 Å². The highest BCUT2D eigenvalue weighted by Gasteiger charge is 2.23. The van der Waals surface area contributed by atoms with Crippen LogP contribution in [-0.2, 0) is 23.1 Å². The van der Waals surface area contributed by atoms with Gasteiger partial charge in [0.2, 0.25) is 0 Å². The number of nitrogens with one attached hydrogen (secondary N) is 2. The molecule has 0 aliphatic rings. The van der Waals surface area contributed by atoms with Crippen molar-refractivity contribution in [2.45, 2.75) is 18.0 Å². The summed E-state index contributed by atoms with van der Waals surface area (Å²) in [5.41, 5.74) is 2.36. The molecule has 2 N–H and O–H groups in total. The molecular formula is C25H22FN5O2S. The molecule has 0 saturated heterocycles. The van der Waals surface area contributed by atoms with Gasteiger partial charge in [-0.25, -0.2) is 21.8 Å². The fourth-order valence-corrected chi connectivity index (χ4v) is 5.01. The lowest BCUT2D eigenvalue weighted by molar-refractivity contribution is 0.587. The van der Waals surface area contributed by atoms with Gasteiger partial charge in [-0.2, -0.15) is 5.26 Å². The average molecular weight is 476 g/mol. The number of anilines is 1. The molecule has 4 rings (SSSR count). The summed E-state index contributed by atoms with van der Waals surface area (Å²) in [6, 6.07) is 19.7. The van der Waals surface area contributed by atoms with Gasteiger partial charge in [-0.15, -0.1) is 0 Å². The molecule has 0 fully saturated rings. The molecule has 9 heteroatoms.